The van der Waals surface area contributed by atoms with Gasteiger partial charge in [-0.1, -0.05) is 26.5 Å². The summed E-state index contributed by atoms with van der Waals surface area (Å²) in [4.78, 5) is 0. The summed E-state index contributed by atoms with van der Waals surface area (Å²) in [6.07, 6.45) is 5.55. The fourth-order valence-corrected chi connectivity index (χ4v) is 1.00. The van der Waals surface area contributed by atoms with Gasteiger partial charge < -0.3 is 0 Å². The molecule has 0 radical (unpaired) electrons. The molecule has 0 fully saturated rings. The number of hydroxylamine groups is 2. The van der Waals surface area contributed by atoms with Crippen molar-refractivity contribution in [1.82, 2.24) is 5.06 Å². The second-order valence-corrected chi connectivity index (χ2v) is 2.91. The minimum atomic E-state index is 0.321. The summed E-state index contributed by atoms with van der Waals surface area (Å²) in [6, 6.07) is 0. The lowest BCUT2D eigenvalue weighted by atomic mass is 10.1. The summed E-state index contributed by atoms with van der Waals surface area (Å²) in [5, 5.41) is 10.6. The Balaban J connectivity index is 2.87. The van der Waals surface area contributed by atoms with E-state index in [1.54, 1.807) is 6.08 Å². The first kappa shape index (κ1) is 8.08. The molecule has 0 unspecified atom stereocenters. The van der Waals surface area contributed by atoms with Crippen LogP contribution in [0.15, 0.2) is 36.2 Å². The predicted octanol–water partition coefficient (Wildman–Crippen LogP) is 2.30. The lowest BCUT2D eigenvalue weighted by Crippen LogP contribution is -2.21. The van der Waals surface area contributed by atoms with Gasteiger partial charge in [0.2, 0.25) is 0 Å². The SMILES string of the molecule is C=C1C=CC=C(C(C)C)N1O. The van der Waals surface area contributed by atoms with Crippen molar-refractivity contribution >= 4 is 0 Å². The zero-order valence-electron chi connectivity index (χ0n) is 6.91. The number of allylic oxidation sites excluding steroid dienone is 4. The highest BCUT2D eigenvalue weighted by atomic mass is 16.5. The van der Waals surface area contributed by atoms with Crippen LogP contribution in [0.1, 0.15) is 13.8 Å². The third-order valence-corrected chi connectivity index (χ3v) is 1.66. The van der Waals surface area contributed by atoms with Crippen LogP contribution in [0.25, 0.3) is 0 Å². The Bertz CT molecular complexity index is 226. The summed E-state index contributed by atoms with van der Waals surface area (Å²) in [5.74, 6) is 0.321. The van der Waals surface area contributed by atoms with Gasteiger partial charge in [0, 0.05) is 5.70 Å². The monoisotopic (exact) mass is 151 g/mol. The molecule has 1 rings (SSSR count). The zero-order valence-corrected chi connectivity index (χ0v) is 6.91. The molecule has 0 atom stereocenters. The van der Waals surface area contributed by atoms with Gasteiger partial charge in [-0.25, -0.2) is 5.06 Å². The second kappa shape index (κ2) is 2.93. The molecule has 0 bridgehead atoms. The molecule has 1 aliphatic rings. The molecule has 0 aromatic heterocycles. The summed E-state index contributed by atoms with van der Waals surface area (Å²) in [5.41, 5.74) is 1.51. The third-order valence-electron chi connectivity index (χ3n) is 1.66. The third kappa shape index (κ3) is 1.52. The van der Waals surface area contributed by atoms with E-state index < -0.39 is 0 Å². The highest BCUT2D eigenvalue weighted by Gasteiger charge is 2.13. The maximum absolute atomic E-state index is 9.42. The van der Waals surface area contributed by atoms with Crippen LogP contribution < -0.4 is 0 Å². The quantitative estimate of drug-likeness (QED) is 0.621. The van der Waals surface area contributed by atoms with Crippen molar-refractivity contribution in [3.63, 3.8) is 0 Å². The Hall–Kier alpha value is -1.02. The maximum atomic E-state index is 9.42. The van der Waals surface area contributed by atoms with Gasteiger partial charge in [0.15, 0.2) is 0 Å². The molecule has 2 heteroatoms. The smallest absolute Gasteiger partial charge is 0.0617 e. The van der Waals surface area contributed by atoms with Crippen molar-refractivity contribution in [3.05, 3.63) is 36.2 Å². The number of rotatable bonds is 1. The van der Waals surface area contributed by atoms with Gasteiger partial charge in [-0.05, 0) is 18.1 Å². The van der Waals surface area contributed by atoms with Crippen LogP contribution in [0.2, 0.25) is 0 Å². The molecule has 1 N–H and O–H groups in total. The van der Waals surface area contributed by atoms with E-state index >= 15 is 0 Å². The highest BCUT2D eigenvalue weighted by Crippen LogP contribution is 2.21. The molecule has 0 spiro atoms. The van der Waals surface area contributed by atoms with E-state index in [9.17, 15) is 5.21 Å². The van der Waals surface area contributed by atoms with Gasteiger partial charge in [-0.15, -0.1) is 0 Å². The maximum Gasteiger partial charge on any atom is 0.0617 e. The Labute approximate surface area is 67.1 Å². The molecule has 11 heavy (non-hydrogen) atoms. The molecule has 0 saturated heterocycles. The van der Waals surface area contributed by atoms with Gasteiger partial charge >= 0.3 is 0 Å². The Morgan fingerprint density at radius 1 is 1.55 bits per heavy atom. The molecule has 0 aromatic rings. The molecule has 1 heterocycles. The first-order valence-corrected chi connectivity index (χ1v) is 3.69. The second-order valence-electron chi connectivity index (χ2n) is 2.91. The predicted molar refractivity (Wildman–Crippen MR) is 44.8 cm³/mol. The van der Waals surface area contributed by atoms with Crippen molar-refractivity contribution in [2.24, 2.45) is 5.92 Å². The average Bonchev–Trinajstić information content (AvgIpc) is 1.94. The van der Waals surface area contributed by atoms with E-state index in [0.29, 0.717) is 11.6 Å². The highest BCUT2D eigenvalue weighted by molar-refractivity contribution is 5.29. The minimum absolute atomic E-state index is 0.321. The van der Waals surface area contributed by atoms with Crippen molar-refractivity contribution in [1.29, 1.82) is 0 Å². The molecule has 0 saturated carbocycles. The largest absolute Gasteiger partial charge is 0.284 e. The number of hydrogen-bond donors (Lipinski definition) is 1. The van der Waals surface area contributed by atoms with E-state index in [1.165, 1.54) is 0 Å². The van der Waals surface area contributed by atoms with E-state index in [4.69, 9.17) is 0 Å². The molecule has 0 amide bonds. The topological polar surface area (TPSA) is 23.5 Å². The standard InChI is InChI=1S/C9H13NO/c1-7(2)9-6-4-5-8(3)10(9)11/h4-7,11H,3H2,1-2H3. The van der Waals surface area contributed by atoms with Crippen LogP contribution in [0, 0.1) is 5.92 Å². The molecular formula is C9H13NO. The summed E-state index contributed by atoms with van der Waals surface area (Å²) >= 11 is 0. The van der Waals surface area contributed by atoms with E-state index in [1.807, 2.05) is 26.0 Å². The van der Waals surface area contributed by atoms with Crippen LogP contribution in [-0.2, 0) is 0 Å². The van der Waals surface area contributed by atoms with Gasteiger partial charge in [0.1, 0.15) is 0 Å². The number of nitrogens with zero attached hydrogens (tertiary/aromatic N) is 1. The van der Waals surface area contributed by atoms with Crippen LogP contribution in [0.5, 0.6) is 0 Å². The minimum Gasteiger partial charge on any atom is -0.284 e. The van der Waals surface area contributed by atoms with Gasteiger partial charge in [-0.3, -0.25) is 5.21 Å². The van der Waals surface area contributed by atoms with Gasteiger partial charge in [0.25, 0.3) is 0 Å². The summed E-state index contributed by atoms with van der Waals surface area (Å²) in [6.45, 7) is 7.73. The summed E-state index contributed by atoms with van der Waals surface area (Å²) < 4.78 is 0. The van der Waals surface area contributed by atoms with E-state index in [0.717, 1.165) is 10.8 Å². The first-order chi connectivity index (χ1) is 5.13. The summed E-state index contributed by atoms with van der Waals surface area (Å²) in [7, 11) is 0. The van der Waals surface area contributed by atoms with Crippen molar-refractivity contribution in [2.75, 3.05) is 0 Å². The molecule has 1 aliphatic heterocycles. The van der Waals surface area contributed by atoms with Gasteiger partial charge in [0.05, 0.1) is 5.70 Å². The Morgan fingerprint density at radius 3 is 2.64 bits per heavy atom. The van der Waals surface area contributed by atoms with Crippen molar-refractivity contribution < 1.29 is 5.21 Å². The van der Waals surface area contributed by atoms with E-state index in [2.05, 4.69) is 6.58 Å². The van der Waals surface area contributed by atoms with Crippen molar-refractivity contribution in [3.8, 4) is 0 Å². The first-order valence-electron chi connectivity index (χ1n) is 3.69. The fraction of sp³-hybridized carbons (Fsp3) is 0.333. The number of hydrogen-bond acceptors (Lipinski definition) is 2. The molecule has 0 aromatic carbocycles. The normalized spacial score (nSPS) is 17.6. The van der Waals surface area contributed by atoms with E-state index in [-0.39, 0.29) is 0 Å². The molecule has 0 aliphatic carbocycles. The van der Waals surface area contributed by atoms with Crippen LogP contribution in [0.4, 0.5) is 0 Å². The zero-order chi connectivity index (χ0) is 8.43. The molecule has 60 valence electrons. The Kier molecular flexibility index (Phi) is 2.15. The molecule has 2 nitrogen and oxygen atoms in total. The Morgan fingerprint density at radius 2 is 2.18 bits per heavy atom. The fourth-order valence-electron chi connectivity index (χ4n) is 1.00. The van der Waals surface area contributed by atoms with Crippen LogP contribution in [0.3, 0.4) is 0 Å². The van der Waals surface area contributed by atoms with Crippen molar-refractivity contribution in [2.45, 2.75) is 13.8 Å². The lowest BCUT2D eigenvalue weighted by Gasteiger charge is -2.25. The average molecular weight is 151 g/mol. The molecular weight excluding hydrogens is 138 g/mol. The van der Waals surface area contributed by atoms with Crippen LogP contribution in [-0.4, -0.2) is 10.3 Å². The lowest BCUT2D eigenvalue weighted by molar-refractivity contribution is -0.0239. The van der Waals surface area contributed by atoms with Crippen LogP contribution >= 0.6 is 0 Å². The van der Waals surface area contributed by atoms with Gasteiger partial charge in [-0.2, -0.15) is 0 Å².